The average molecular weight is 396 g/mol. The summed E-state index contributed by atoms with van der Waals surface area (Å²) >= 11 is 1.39. The minimum absolute atomic E-state index is 0.0780. The van der Waals surface area contributed by atoms with E-state index in [1.165, 1.54) is 16.9 Å². The Hall–Kier alpha value is -3.13. The lowest BCUT2D eigenvalue weighted by atomic mass is 9.98. The maximum absolute atomic E-state index is 12.9. The van der Waals surface area contributed by atoms with E-state index >= 15 is 0 Å². The van der Waals surface area contributed by atoms with Gasteiger partial charge in [-0.25, -0.2) is 9.97 Å². The first-order valence-corrected chi connectivity index (χ1v) is 9.72. The first-order valence-electron chi connectivity index (χ1n) is 8.84. The van der Waals surface area contributed by atoms with Crippen LogP contribution in [0.15, 0.2) is 41.9 Å². The average Bonchev–Trinajstić information content (AvgIpc) is 3.20. The molecule has 0 bridgehead atoms. The zero-order chi connectivity index (χ0) is 19.5. The van der Waals surface area contributed by atoms with E-state index in [2.05, 4.69) is 15.3 Å². The summed E-state index contributed by atoms with van der Waals surface area (Å²) < 4.78 is 10.8. The Kier molecular flexibility index (Phi) is 5.12. The highest BCUT2D eigenvalue weighted by atomic mass is 32.1. The molecule has 0 aliphatic carbocycles. The molecule has 7 nitrogen and oxygen atoms in total. The lowest BCUT2D eigenvalue weighted by Crippen LogP contribution is -2.36. The topological polar surface area (TPSA) is 76.6 Å². The van der Waals surface area contributed by atoms with Crippen LogP contribution in [-0.2, 0) is 13.0 Å². The third kappa shape index (κ3) is 3.63. The fourth-order valence-corrected chi connectivity index (χ4v) is 3.89. The van der Waals surface area contributed by atoms with Crippen LogP contribution in [-0.4, -0.2) is 41.5 Å². The molecule has 0 saturated heterocycles. The van der Waals surface area contributed by atoms with Gasteiger partial charge < -0.3 is 19.7 Å². The summed E-state index contributed by atoms with van der Waals surface area (Å²) in [5.41, 5.74) is 2.68. The summed E-state index contributed by atoms with van der Waals surface area (Å²) in [4.78, 5) is 23.4. The molecule has 1 aromatic carbocycles. The molecule has 0 spiro atoms. The Labute approximate surface area is 167 Å². The molecule has 28 heavy (non-hydrogen) atoms. The molecule has 0 radical (unpaired) electrons. The summed E-state index contributed by atoms with van der Waals surface area (Å²) in [5, 5.41) is 5.54. The fourth-order valence-electron chi connectivity index (χ4n) is 3.19. The van der Waals surface area contributed by atoms with Crippen LogP contribution in [0.2, 0.25) is 0 Å². The molecule has 4 rings (SSSR count). The molecule has 1 N–H and O–H groups in total. The molecule has 0 fully saturated rings. The van der Waals surface area contributed by atoms with Crippen molar-refractivity contribution in [2.24, 2.45) is 0 Å². The van der Waals surface area contributed by atoms with Gasteiger partial charge in [-0.2, -0.15) is 0 Å². The van der Waals surface area contributed by atoms with E-state index in [4.69, 9.17) is 9.47 Å². The minimum Gasteiger partial charge on any atom is -0.493 e. The van der Waals surface area contributed by atoms with Gasteiger partial charge in [0.15, 0.2) is 16.6 Å². The van der Waals surface area contributed by atoms with E-state index in [-0.39, 0.29) is 5.91 Å². The number of benzene rings is 1. The van der Waals surface area contributed by atoms with E-state index in [1.54, 1.807) is 25.8 Å². The molecule has 8 heteroatoms. The number of carbonyl (C=O) groups is 1. The second-order valence-corrected chi connectivity index (χ2v) is 7.19. The van der Waals surface area contributed by atoms with E-state index in [0.29, 0.717) is 41.2 Å². The summed E-state index contributed by atoms with van der Waals surface area (Å²) in [6.45, 7) is 1.16. The van der Waals surface area contributed by atoms with Crippen LogP contribution < -0.4 is 14.8 Å². The number of nitrogens with one attached hydrogen (secondary N) is 1. The molecule has 0 saturated carbocycles. The van der Waals surface area contributed by atoms with E-state index in [1.807, 2.05) is 35.2 Å². The lowest BCUT2D eigenvalue weighted by Gasteiger charge is -2.29. The van der Waals surface area contributed by atoms with Crippen LogP contribution in [0.1, 0.15) is 21.6 Å². The molecule has 2 aromatic heterocycles. The highest BCUT2D eigenvalue weighted by Gasteiger charge is 2.25. The number of pyridine rings is 1. The number of hydrogen-bond acceptors (Lipinski definition) is 7. The summed E-state index contributed by atoms with van der Waals surface area (Å²) in [5.74, 6) is 2.01. The van der Waals surface area contributed by atoms with Crippen molar-refractivity contribution in [3.05, 3.63) is 58.7 Å². The quantitative estimate of drug-likeness (QED) is 0.711. The van der Waals surface area contributed by atoms with Gasteiger partial charge in [-0.05, 0) is 41.8 Å². The Morgan fingerprint density at radius 2 is 1.96 bits per heavy atom. The normalized spacial score (nSPS) is 13.0. The molecular weight excluding hydrogens is 376 g/mol. The number of fused-ring (bicyclic) bond motifs is 1. The van der Waals surface area contributed by atoms with Crippen molar-refractivity contribution in [3.8, 4) is 11.5 Å². The largest absolute Gasteiger partial charge is 0.493 e. The molecule has 3 heterocycles. The highest BCUT2D eigenvalue weighted by molar-refractivity contribution is 7.14. The van der Waals surface area contributed by atoms with E-state index < -0.39 is 0 Å². The van der Waals surface area contributed by atoms with Crippen molar-refractivity contribution in [2.75, 3.05) is 26.1 Å². The SMILES string of the molecule is COc1cc2c(cc1OC)CN(C(=O)c1csc(Nc3ccccn3)n1)CC2. The van der Waals surface area contributed by atoms with Crippen molar-refractivity contribution in [1.82, 2.24) is 14.9 Å². The highest BCUT2D eigenvalue weighted by Crippen LogP contribution is 2.33. The Bertz CT molecular complexity index is 990. The lowest BCUT2D eigenvalue weighted by molar-refractivity contribution is 0.0729. The van der Waals surface area contributed by atoms with Crippen LogP contribution in [0.4, 0.5) is 10.9 Å². The second-order valence-electron chi connectivity index (χ2n) is 6.33. The van der Waals surface area contributed by atoms with Gasteiger partial charge in [-0.3, -0.25) is 4.79 Å². The first-order chi connectivity index (χ1) is 13.7. The van der Waals surface area contributed by atoms with E-state index in [9.17, 15) is 4.79 Å². The van der Waals surface area contributed by atoms with Gasteiger partial charge in [-0.15, -0.1) is 11.3 Å². The number of aromatic nitrogens is 2. The van der Waals surface area contributed by atoms with Crippen molar-refractivity contribution in [2.45, 2.75) is 13.0 Å². The Balaban J connectivity index is 1.49. The van der Waals surface area contributed by atoms with E-state index in [0.717, 1.165) is 12.0 Å². The maximum atomic E-state index is 12.9. The number of ether oxygens (including phenoxy) is 2. The number of thiazole rings is 1. The molecule has 1 aliphatic heterocycles. The summed E-state index contributed by atoms with van der Waals surface area (Å²) in [7, 11) is 3.24. The van der Waals surface area contributed by atoms with Crippen molar-refractivity contribution < 1.29 is 14.3 Å². The number of methoxy groups -OCH3 is 2. The summed E-state index contributed by atoms with van der Waals surface area (Å²) in [6, 6.07) is 9.53. The second kappa shape index (κ2) is 7.85. The third-order valence-corrected chi connectivity index (χ3v) is 5.39. The van der Waals surface area contributed by atoms with Gasteiger partial charge in [0.25, 0.3) is 5.91 Å². The molecule has 1 amide bonds. The molecular formula is C20H20N4O3S. The van der Waals surface area contributed by atoms with Crippen molar-refractivity contribution >= 4 is 28.2 Å². The smallest absolute Gasteiger partial charge is 0.273 e. The molecule has 0 atom stereocenters. The van der Waals surface area contributed by atoms with Gasteiger partial charge in [0, 0.05) is 24.7 Å². The predicted octanol–water partition coefficient (Wildman–Crippen LogP) is 3.50. The van der Waals surface area contributed by atoms with Gasteiger partial charge in [0.2, 0.25) is 0 Å². The van der Waals surface area contributed by atoms with Crippen LogP contribution in [0.5, 0.6) is 11.5 Å². The zero-order valence-electron chi connectivity index (χ0n) is 15.6. The van der Waals surface area contributed by atoms with Gasteiger partial charge in [-0.1, -0.05) is 6.07 Å². The molecule has 3 aromatic rings. The van der Waals surface area contributed by atoms with Crippen molar-refractivity contribution in [1.29, 1.82) is 0 Å². The monoisotopic (exact) mass is 396 g/mol. The third-order valence-electron chi connectivity index (χ3n) is 4.63. The zero-order valence-corrected chi connectivity index (χ0v) is 16.5. The van der Waals surface area contributed by atoms with Gasteiger partial charge >= 0.3 is 0 Å². The molecule has 0 unspecified atom stereocenters. The predicted molar refractivity (Wildman–Crippen MR) is 108 cm³/mol. The number of hydrogen-bond donors (Lipinski definition) is 1. The summed E-state index contributed by atoms with van der Waals surface area (Å²) in [6.07, 6.45) is 2.47. The number of nitrogens with zero attached hydrogens (tertiary/aromatic N) is 3. The van der Waals surface area contributed by atoms with Crippen LogP contribution in [0.3, 0.4) is 0 Å². The van der Waals surface area contributed by atoms with Crippen LogP contribution in [0, 0.1) is 0 Å². The first kappa shape index (κ1) is 18.2. The number of rotatable bonds is 5. The van der Waals surface area contributed by atoms with Crippen LogP contribution in [0.25, 0.3) is 0 Å². The standard InChI is InChI=1S/C20H20N4O3S/c1-26-16-9-13-6-8-24(11-14(13)10-17(16)27-2)19(25)15-12-28-20(22-15)23-18-5-3-4-7-21-18/h3-5,7,9-10,12H,6,8,11H2,1-2H3,(H,21,22,23). The Morgan fingerprint density at radius 3 is 2.68 bits per heavy atom. The fraction of sp³-hybridized carbons (Fsp3) is 0.250. The van der Waals surface area contributed by atoms with Gasteiger partial charge in [0.1, 0.15) is 11.5 Å². The van der Waals surface area contributed by atoms with Crippen LogP contribution >= 0.6 is 11.3 Å². The van der Waals surface area contributed by atoms with Crippen molar-refractivity contribution in [3.63, 3.8) is 0 Å². The van der Waals surface area contributed by atoms with Gasteiger partial charge in [0.05, 0.1) is 14.2 Å². The number of carbonyl (C=O) groups excluding carboxylic acids is 1. The number of amides is 1. The number of anilines is 2. The molecule has 144 valence electrons. The maximum Gasteiger partial charge on any atom is 0.273 e. The molecule has 1 aliphatic rings. The Morgan fingerprint density at radius 1 is 1.18 bits per heavy atom. The minimum atomic E-state index is -0.0780.